The molecule has 18 heavy (non-hydrogen) atoms. The van der Waals surface area contributed by atoms with Crippen molar-refractivity contribution in [3.8, 4) is 0 Å². The van der Waals surface area contributed by atoms with Crippen LogP contribution in [0.3, 0.4) is 0 Å². The Bertz CT molecular complexity index is 358. The molecule has 0 radical (unpaired) electrons. The van der Waals surface area contributed by atoms with Crippen LogP contribution < -0.4 is 5.32 Å². The summed E-state index contributed by atoms with van der Waals surface area (Å²) >= 11 is 0. The summed E-state index contributed by atoms with van der Waals surface area (Å²) < 4.78 is 26.6. The summed E-state index contributed by atoms with van der Waals surface area (Å²) in [7, 11) is -1.35. The molecule has 6 heteroatoms. The zero-order valence-corrected chi connectivity index (χ0v) is 12.2. The molecule has 1 atom stereocenters. The van der Waals surface area contributed by atoms with Gasteiger partial charge in [-0.2, -0.15) is 0 Å². The molecule has 2 saturated heterocycles. The summed E-state index contributed by atoms with van der Waals surface area (Å²) in [5.41, 5.74) is 0. The van der Waals surface area contributed by atoms with Gasteiger partial charge in [0.15, 0.2) is 0 Å². The third-order valence-electron chi connectivity index (χ3n) is 4.36. The van der Waals surface area contributed by atoms with Crippen molar-refractivity contribution in [3.63, 3.8) is 0 Å². The lowest BCUT2D eigenvalue weighted by Crippen LogP contribution is -2.48. The van der Waals surface area contributed by atoms with Crippen molar-refractivity contribution in [2.75, 3.05) is 39.8 Å². The van der Waals surface area contributed by atoms with Crippen molar-refractivity contribution in [1.29, 1.82) is 0 Å². The van der Waals surface area contributed by atoms with Gasteiger partial charge < -0.3 is 10.2 Å². The Kier molecular flexibility index (Phi) is 4.64. The second-order valence-electron chi connectivity index (χ2n) is 5.34. The number of rotatable bonds is 4. The topological polar surface area (TPSA) is 52.7 Å². The number of likely N-dealkylation sites (tertiary alicyclic amines) is 1. The Hall–Kier alpha value is -0.170. The van der Waals surface area contributed by atoms with Crippen LogP contribution in [0.1, 0.15) is 26.2 Å². The Labute approximate surface area is 111 Å². The van der Waals surface area contributed by atoms with Gasteiger partial charge in [-0.3, -0.25) is 0 Å². The van der Waals surface area contributed by atoms with Gasteiger partial charge in [0.2, 0.25) is 10.0 Å². The maximum atomic E-state index is 12.5. The molecule has 0 aliphatic carbocycles. The van der Waals surface area contributed by atoms with E-state index in [1.807, 2.05) is 0 Å². The Morgan fingerprint density at radius 1 is 1.28 bits per heavy atom. The highest BCUT2D eigenvalue weighted by atomic mass is 32.2. The highest BCUT2D eigenvalue weighted by molar-refractivity contribution is 7.89. The van der Waals surface area contributed by atoms with Gasteiger partial charge in [0.05, 0.1) is 5.25 Å². The van der Waals surface area contributed by atoms with Crippen LogP contribution in [0.4, 0.5) is 0 Å². The molecule has 5 nitrogen and oxygen atoms in total. The summed E-state index contributed by atoms with van der Waals surface area (Å²) in [6.45, 7) is 6.70. The van der Waals surface area contributed by atoms with Gasteiger partial charge in [0.25, 0.3) is 0 Å². The molecule has 2 aliphatic rings. The van der Waals surface area contributed by atoms with Gasteiger partial charge >= 0.3 is 0 Å². The maximum Gasteiger partial charge on any atom is 0.218 e. The first kappa shape index (κ1) is 14.2. The Morgan fingerprint density at radius 3 is 2.44 bits per heavy atom. The molecule has 1 unspecified atom stereocenters. The van der Waals surface area contributed by atoms with E-state index in [9.17, 15) is 8.42 Å². The molecule has 0 spiro atoms. The van der Waals surface area contributed by atoms with E-state index in [1.54, 1.807) is 11.4 Å². The van der Waals surface area contributed by atoms with Crippen LogP contribution in [0.25, 0.3) is 0 Å². The first-order valence-corrected chi connectivity index (χ1v) is 8.46. The van der Waals surface area contributed by atoms with E-state index in [-0.39, 0.29) is 11.3 Å². The van der Waals surface area contributed by atoms with Gasteiger partial charge in [-0.15, -0.1) is 0 Å². The molecule has 2 fully saturated rings. The van der Waals surface area contributed by atoms with Gasteiger partial charge in [0, 0.05) is 19.6 Å². The number of nitrogens with one attached hydrogen (secondary N) is 1. The molecule has 2 rings (SSSR count). The van der Waals surface area contributed by atoms with Crippen LogP contribution in [0.5, 0.6) is 0 Å². The Morgan fingerprint density at radius 2 is 1.94 bits per heavy atom. The standard InChI is InChI=1S/C12H25N3O2S/c1-3-15-8-5-11(6-9-15)14(2)18(16,17)12-4-7-13-10-12/h11-13H,3-10H2,1-2H3. The quantitative estimate of drug-likeness (QED) is 0.790. The monoisotopic (exact) mass is 275 g/mol. The number of piperidine rings is 1. The van der Waals surface area contributed by atoms with Crippen molar-refractivity contribution < 1.29 is 8.42 Å². The zero-order chi connectivity index (χ0) is 13.2. The summed E-state index contributed by atoms with van der Waals surface area (Å²) in [5.74, 6) is 0. The minimum atomic E-state index is -3.11. The van der Waals surface area contributed by atoms with Crippen LogP contribution in [0, 0.1) is 0 Å². The van der Waals surface area contributed by atoms with Crippen LogP contribution in [0.2, 0.25) is 0 Å². The lowest BCUT2D eigenvalue weighted by atomic mass is 10.1. The van der Waals surface area contributed by atoms with E-state index in [2.05, 4.69) is 17.1 Å². The van der Waals surface area contributed by atoms with E-state index in [0.717, 1.165) is 45.4 Å². The van der Waals surface area contributed by atoms with Crippen LogP contribution in [0.15, 0.2) is 0 Å². The summed E-state index contributed by atoms with van der Waals surface area (Å²) in [6.07, 6.45) is 2.67. The van der Waals surface area contributed by atoms with Gasteiger partial charge in [-0.1, -0.05) is 6.92 Å². The molecule has 0 amide bonds. The minimum Gasteiger partial charge on any atom is -0.315 e. The Balaban J connectivity index is 1.96. The van der Waals surface area contributed by atoms with Crippen LogP contribution in [-0.4, -0.2) is 68.7 Å². The molecular formula is C12H25N3O2S. The van der Waals surface area contributed by atoms with Crippen molar-refractivity contribution in [2.24, 2.45) is 0 Å². The molecule has 2 aliphatic heterocycles. The first-order valence-electron chi connectivity index (χ1n) is 6.95. The number of hydrogen-bond donors (Lipinski definition) is 1. The first-order chi connectivity index (χ1) is 8.55. The van der Waals surface area contributed by atoms with Crippen molar-refractivity contribution in [1.82, 2.24) is 14.5 Å². The smallest absolute Gasteiger partial charge is 0.218 e. The third kappa shape index (κ3) is 2.87. The van der Waals surface area contributed by atoms with E-state index in [0.29, 0.717) is 6.54 Å². The van der Waals surface area contributed by atoms with Gasteiger partial charge in [0.1, 0.15) is 0 Å². The fourth-order valence-corrected chi connectivity index (χ4v) is 4.77. The fraction of sp³-hybridized carbons (Fsp3) is 1.00. The molecule has 0 aromatic rings. The minimum absolute atomic E-state index is 0.193. The molecule has 0 aromatic heterocycles. The number of sulfonamides is 1. The second kappa shape index (κ2) is 5.86. The largest absolute Gasteiger partial charge is 0.315 e. The predicted octanol–water partition coefficient (Wildman–Crippen LogP) is 0.0942. The molecule has 2 heterocycles. The van der Waals surface area contributed by atoms with Crippen molar-refractivity contribution >= 4 is 10.0 Å². The lowest BCUT2D eigenvalue weighted by Gasteiger charge is -2.36. The summed E-state index contributed by atoms with van der Waals surface area (Å²) in [4.78, 5) is 2.38. The predicted molar refractivity (Wildman–Crippen MR) is 73.1 cm³/mol. The van der Waals surface area contributed by atoms with E-state index >= 15 is 0 Å². The molecule has 0 bridgehead atoms. The summed E-state index contributed by atoms with van der Waals surface area (Å²) in [5, 5.41) is 2.92. The second-order valence-corrected chi connectivity index (χ2v) is 7.61. The molecular weight excluding hydrogens is 250 g/mol. The van der Waals surface area contributed by atoms with Crippen LogP contribution in [-0.2, 0) is 10.0 Å². The highest BCUT2D eigenvalue weighted by Crippen LogP contribution is 2.22. The number of hydrogen-bond acceptors (Lipinski definition) is 4. The average molecular weight is 275 g/mol. The fourth-order valence-electron chi connectivity index (χ4n) is 2.92. The van der Waals surface area contributed by atoms with Crippen molar-refractivity contribution in [3.05, 3.63) is 0 Å². The maximum absolute atomic E-state index is 12.5. The summed E-state index contributed by atoms with van der Waals surface area (Å²) in [6, 6.07) is 0.193. The molecule has 0 saturated carbocycles. The number of nitrogens with zero attached hydrogens (tertiary/aromatic N) is 2. The van der Waals surface area contributed by atoms with Gasteiger partial charge in [-0.05, 0) is 45.4 Å². The highest BCUT2D eigenvalue weighted by Gasteiger charge is 2.36. The third-order valence-corrected chi connectivity index (χ3v) is 6.70. The normalized spacial score (nSPS) is 28.1. The molecule has 0 aromatic carbocycles. The van der Waals surface area contributed by atoms with E-state index in [4.69, 9.17) is 0 Å². The SMILES string of the molecule is CCN1CCC(N(C)S(=O)(=O)C2CCNC2)CC1. The zero-order valence-electron chi connectivity index (χ0n) is 11.4. The molecule has 106 valence electrons. The van der Waals surface area contributed by atoms with E-state index < -0.39 is 10.0 Å². The van der Waals surface area contributed by atoms with E-state index in [1.165, 1.54) is 0 Å². The lowest BCUT2D eigenvalue weighted by molar-refractivity contribution is 0.176. The molecule has 1 N–H and O–H groups in total. The average Bonchev–Trinajstić information content (AvgIpc) is 2.92. The van der Waals surface area contributed by atoms with Crippen molar-refractivity contribution in [2.45, 2.75) is 37.5 Å². The van der Waals surface area contributed by atoms with Crippen LogP contribution >= 0.6 is 0 Å². The van der Waals surface area contributed by atoms with Gasteiger partial charge in [-0.25, -0.2) is 12.7 Å².